The van der Waals surface area contributed by atoms with Gasteiger partial charge in [0.15, 0.2) is 0 Å². The molecule has 1 saturated heterocycles. The number of hydrogen-bond donors (Lipinski definition) is 2. The number of likely N-dealkylation sites (tertiary alicyclic amines) is 1. The quantitative estimate of drug-likeness (QED) is 0.638. The Bertz CT molecular complexity index is 984. The first-order valence-electron chi connectivity index (χ1n) is 11.1. The summed E-state index contributed by atoms with van der Waals surface area (Å²) in [4.78, 5) is 26.5. The van der Waals surface area contributed by atoms with E-state index >= 15 is 0 Å². The van der Waals surface area contributed by atoms with Gasteiger partial charge in [-0.3, -0.25) is 4.79 Å². The van der Waals surface area contributed by atoms with Crippen molar-refractivity contribution in [3.8, 4) is 0 Å². The van der Waals surface area contributed by atoms with Crippen LogP contribution in [0.5, 0.6) is 0 Å². The molecule has 1 aromatic heterocycles. The van der Waals surface area contributed by atoms with Gasteiger partial charge in [0, 0.05) is 30.0 Å². The number of thiophene rings is 1. The normalized spacial score (nSPS) is 33.0. The second-order valence-corrected chi connectivity index (χ2v) is 12.9. The summed E-state index contributed by atoms with van der Waals surface area (Å²) in [5, 5.41) is 0. The average molecular weight is 504 g/mol. The van der Waals surface area contributed by atoms with Gasteiger partial charge in [-0.2, -0.15) is 0 Å². The summed E-state index contributed by atoms with van der Waals surface area (Å²) >= 11 is 7.02. The number of carbonyl (C=O) groups excluding carboxylic acids is 2. The van der Waals surface area contributed by atoms with Crippen LogP contribution in [0, 0.1) is 17.3 Å². The number of piperidine rings is 1. The predicted octanol–water partition coefficient (Wildman–Crippen LogP) is 3.35. The number of primary amides is 1. The van der Waals surface area contributed by atoms with Crippen molar-refractivity contribution in [2.24, 2.45) is 23.0 Å². The first-order valence-corrected chi connectivity index (χ1v) is 13.8. The number of nitrogens with two attached hydrogens (primary N) is 1. The van der Waals surface area contributed by atoms with Gasteiger partial charge in [0.2, 0.25) is 15.9 Å². The highest BCUT2D eigenvalue weighted by atomic mass is 35.5. The Morgan fingerprint density at radius 2 is 2.03 bits per heavy atom. The minimum Gasteiger partial charge on any atom is -0.453 e. The molecule has 1 aromatic rings. The smallest absolute Gasteiger partial charge is 0.409 e. The zero-order valence-electron chi connectivity index (χ0n) is 18.1. The summed E-state index contributed by atoms with van der Waals surface area (Å²) in [7, 11) is -2.42. The molecule has 0 radical (unpaired) electrons. The number of fused-ring (bicyclic) bond motifs is 2. The van der Waals surface area contributed by atoms with E-state index < -0.39 is 21.5 Å². The molecule has 2 aliphatic carbocycles. The molecule has 1 aliphatic heterocycles. The number of methoxy groups -OCH3 is 1. The Kier molecular flexibility index (Phi) is 6.78. The minimum absolute atomic E-state index is 0.177. The van der Waals surface area contributed by atoms with Crippen LogP contribution in [0.25, 0.3) is 0 Å². The third-order valence-corrected chi connectivity index (χ3v) is 10.9. The zero-order chi connectivity index (χ0) is 23.1. The van der Waals surface area contributed by atoms with Gasteiger partial charge < -0.3 is 15.4 Å². The zero-order valence-corrected chi connectivity index (χ0v) is 20.5. The Morgan fingerprint density at radius 1 is 1.25 bits per heavy atom. The number of nitrogens with zero attached hydrogens (tertiary/aromatic N) is 1. The van der Waals surface area contributed by atoms with Crippen LogP contribution in [0.2, 0.25) is 4.34 Å². The molecule has 3 N–H and O–H groups in total. The molecule has 5 atom stereocenters. The molecule has 4 rings (SSSR count). The molecular weight excluding hydrogens is 474 g/mol. The Balaban J connectivity index is 1.73. The molecule has 178 valence electrons. The monoisotopic (exact) mass is 503 g/mol. The summed E-state index contributed by atoms with van der Waals surface area (Å²) in [6.45, 7) is 0.372. The van der Waals surface area contributed by atoms with Crippen LogP contribution < -0.4 is 10.5 Å². The molecule has 2 bridgehead atoms. The van der Waals surface area contributed by atoms with Gasteiger partial charge in [-0.05, 0) is 56.6 Å². The molecule has 2 amide bonds. The van der Waals surface area contributed by atoms with Crippen LogP contribution in [-0.4, -0.2) is 51.1 Å². The Labute approximate surface area is 197 Å². The highest BCUT2D eigenvalue weighted by molar-refractivity contribution is 7.91. The molecule has 3 aliphatic rings. The van der Waals surface area contributed by atoms with Crippen molar-refractivity contribution >= 4 is 45.0 Å². The SMILES string of the molecule is COC(=O)N1CC[C@@H](C(N)=O)C[C@@H]1[C@]12CCCC[C@@H](CC1)[C@@H]2NS(=O)(=O)c1ccc(Cl)s1. The van der Waals surface area contributed by atoms with Crippen molar-refractivity contribution in [3.05, 3.63) is 16.5 Å². The lowest BCUT2D eigenvalue weighted by Crippen LogP contribution is -2.61. The van der Waals surface area contributed by atoms with E-state index in [-0.39, 0.29) is 34.0 Å². The number of hydrogen-bond acceptors (Lipinski definition) is 6. The Morgan fingerprint density at radius 3 is 2.69 bits per heavy atom. The summed E-state index contributed by atoms with van der Waals surface area (Å²) < 4.78 is 35.2. The van der Waals surface area contributed by atoms with Crippen LogP contribution in [-0.2, 0) is 19.6 Å². The number of halogens is 1. The molecular formula is C21H30ClN3O5S2. The third kappa shape index (κ3) is 4.26. The fraction of sp³-hybridized carbons (Fsp3) is 0.714. The largest absolute Gasteiger partial charge is 0.453 e. The second kappa shape index (κ2) is 9.12. The molecule has 0 spiro atoms. The van der Waals surface area contributed by atoms with E-state index in [1.54, 1.807) is 11.0 Å². The van der Waals surface area contributed by atoms with E-state index in [2.05, 4.69) is 4.72 Å². The maximum absolute atomic E-state index is 13.3. The lowest BCUT2D eigenvalue weighted by atomic mass is 9.67. The predicted molar refractivity (Wildman–Crippen MR) is 122 cm³/mol. The van der Waals surface area contributed by atoms with E-state index in [1.807, 2.05) is 0 Å². The number of nitrogens with one attached hydrogen (secondary N) is 1. The van der Waals surface area contributed by atoms with Gasteiger partial charge >= 0.3 is 6.09 Å². The van der Waals surface area contributed by atoms with Crippen LogP contribution in [0.1, 0.15) is 51.4 Å². The summed E-state index contributed by atoms with van der Waals surface area (Å²) in [5.74, 6) is -0.536. The summed E-state index contributed by atoms with van der Waals surface area (Å²) in [6, 6.07) is 2.45. The molecule has 0 unspecified atom stereocenters. The van der Waals surface area contributed by atoms with Crippen molar-refractivity contribution in [3.63, 3.8) is 0 Å². The summed E-state index contributed by atoms with van der Waals surface area (Å²) in [5.41, 5.74) is 5.18. The van der Waals surface area contributed by atoms with Crippen LogP contribution >= 0.6 is 22.9 Å². The average Bonchev–Trinajstić information content (AvgIpc) is 3.28. The number of ether oxygens (including phenoxy) is 1. The van der Waals surface area contributed by atoms with Crippen LogP contribution in [0.3, 0.4) is 0 Å². The van der Waals surface area contributed by atoms with E-state index in [4.69, 9.17) is 22.1 Å². The van der Waals surface area contributed by atoms with E-state index in [9.17, 15) is 18.0 Å². The molecule has 2 saturated carbocycles. The third-order valence-electron chi connectivity index (χ3n) is 7.71. The fourth-order valence-electron chi connectivity index (χ4n) is 6.22. The summed E-state index contributed by atoms with van der Waals surface area (Å²) in [6.07, 6.45) is 5.84. The number of rotatable bonds is 5. The lowest BCUT2D eigenvalue weighted by Gasteiger charge is -2.50. The molecule has 11 heteroatoms. The fourth-order valence-corrected chi connectivity index (χ4v) is 9.12. The molecule has 32 heavy (non-hydrogen) atoms. The van der Waals surface area contributed by atoms with Crippen LogP contribution in [0.4, 0.5) is 4.79 Å². The standard InChI is InChI=1S/C21H30ClN3O5S2/c1-30-20(27)25-11-8-14(19(23)26)12-15(25)21-9-3-2-4-13(7-10-21)18(21)24-32(28,29)17-6-5-16(22)31-17/h5-6,13-15,18,24H,2-4,7-12H2,1H3,(H2,23,26)/t13-,14+,15+,18-,21-/m0/s1. The second-order valence-electron chi connectivity index (χ2n) is 9.24. The van der Waals surface area contributed by atoms with Crippen LogP contribution in [0.15, 0.2) is 16.3 Å². The highest BCUT2D eigenvalue weighted by Gasteiger charge is 2.58. The van der Waals surface area contributed by atoms with Gasteiger partial charge in [0.05, 0.1) is 11.4 Å². The van der Waals surface area contributed by atoms with Crippen molar-refractivity contribution < 1.29 is 22.7 Å². The van der Waals surface area contributed by atoms with Crippen molar-refractivity contribution in [1.29, 1.82) is 0 Å². The van der Waals surface area contributed by atoms with Crippen molar-refractivity contribution in [2.45, 2.75) is 67.7 Å². The minimum atomic E-state index is -3.77. The number of carbonyl (C=O) groups is 2. The topological polar surface area (TPSA) is 119 Å². The van der Waals surface area contributed by atoms with Gasteiger partial charge in [-0.15, -0.1) is 11.3 Å². The van der Waals surface area contributed by atoms with E-state index in [0.717, 1.165) is 49.9 Å². The first-order chi connectivity index (χ1) is 15.2. The maximum atomic E-state index is 13.3. The van der Waals surface area contributed by atoms with Crippen molar-refractivity contribution in [1.82, 2.24) is 9.62 Å². The molecule has 2 heterocycles. The maximum Gasteiger partial charge on any atom is 0.409 e. The molecule has 8 nitrogen and oxygen atoms in total. The first kappa shape index (κ1) is 23.8. The number of amides is 2. The lowest BCUT2D eigenvalue weighted by molar-refractivity contribution is -0.125. The van der Waals surface area contributed by atoms with Gasteiger partial charge in [0.1, 0.15) is 4.21 Å². The number of sulfonamides is 1. The van der Waals surface area contributed by atoms with E-state index in [1.165, 1.54) is 13.2 Å². The highest BCUT2D eigenvalue weighted by Crippen LogP contribution is 2.55. The molecule has 3 fully saturated rings. The van der Waals surface area contributed by atoms with Gasteiger partial charge in [-0.1, -0.05) is 24.4 Å². The Hall–Kier alpha value is -1.36. The van der Waals surface area contributed by atoms with Crippen molar-refractivity contribution in [2.75, 3.05) is 13.7 Å². The van der Waals surface area contributed by atoms with Gasteiger partial charge in [0.25, 0.3) is 0 Å². The van der Waals surface area contributed by atoms with E-state index in [0.29, 0.717) is 23.7 Å². The molecule has 0 aromatic carbocycles. The van der Waals surface area contributed by atoms with Gasteiger partial charge in [-0.25, -0.2) is 17.9 Å².